The monoisotopic (exact) mass is 206 g/mol. The Balaban J connectivity index is 2.09. The topological polar surface area (TPSA) is 55.1 Å². The molecule has 2 aromatic heterocycles. The maximum Gasteiger partial charge on any atom is 0.260 e. The zero-order valence-corrected chi connectivity index (χ0v) is 7.61. The molecule has 0 aliphatic heterocycles. The third-order valence-corrected chi connectivity index (χ3v) is 1.75. The largest absolute Gasteiger partial charge is 0.472 e. The summed E-state index contributed by atoms with van der Waals surface area (Å²) in [4.78, 5) is 15.1. The number of hydrogen-bond acceptors (Lipinski definition) is 3. The van der Waals surface area contributed by atoms with Crippen molar-refractivity contribution < 1.29 is 13.6 Å². The molecule has 0 fully saturated rings. The fraction of sp³-hybridized carbons (Fsp3) is 0. The lowest BCUT2D eigenvalue weighted by Crippen LogP contribution is -2.11. The molecule has 1 N–H and O–H groups in total. The fourth-order valence-electron chi connectivity index (χ4n) is 1.03. The van der Waals surface area contributed by atoms with E-state index in [1.807, 2.05) is 0 Å². The summed E-state index contributed by atoms with van der Waals surface area (Å²) in [6.07, 6.45) is 3.75. The number of carbonyl (C=O) groups is 1. The molecule has 0 unspecified atom stereocenters. The van der Waals surface area contributed by atoms with E-state index < -0.39 is 5.82 Å². The minimum absolute atomic E-state index is 0.294. The van der Waals surface area contributed by atoms with Crippen LogP contribution in [0.5, 0.6) is 0 Å². The van der Waals surface area contributed by atoms with E-state index in [1.54, 1.807) is 0 Å². The Hall–Kier alpha value is -2.17. The van der Waals surface area contributed by atoms with Crippen molar-refractivity contribution >= 4 is 11.7 Å². The van der Waals surface area contributed by atoms with Gasteiger partial charge in [-0.05, 0) is 18.2 Å². The van der Waals surface area contributed by atoms with Crippen molar-refractivity contribution in [1.82, 2.24) is 4.98 Å². The molecule has 0 atom stereocenters. The lowest BCUT2D eigenvalue weighted by atomic mass is 10.3. The van der Waals surface area contributed by atoms with Gasteiger partial charge in [-0.2, -0.15) is 0 Å². The van der Waals surface area contributed by atoms with Crippen LogP contribution in [-0.2, 0) is 0 Å². The molecule has 0 saturated heterocycles. The second-order valence-electron chi connectivity index (χ2n) is 2.83. The lowest BCUT2D eigenvalue weighted by molar-refractivity contribution is 0.102. The van der Waals surface area contributed by atoms with Gasteiger partial charge in [0.1, 0.15) is 17.9 Å². The van der Waals surface area contributed by atoms with Crippen LogP contribution in [0, 0.1) is 5.82 Å². The summed E-state index contributed by atoms with van der Waals surface area (Å²) in [5, 5.41) is 2.49. The van der Waals surface area contributed by atoms with Gasteiger partial charge in [0.05, 0.1) is 18.0 Å². The van der Waals surface area contributed by atoms with Crippen molar-refractivity contribution in [3.8, 4) is 0 Å². The highest BCUT2D eigenvalue weighted by Gasteiger charge is 2.07. The number of amides is 1. The van der Waals surface area contributed by atoms with E-state index in [0.29, 0.717) is 11.4 Å². The maximum absolute atomic E-state index is 12.5. The average molecular weight is 206 g/mol. The number of pyridine rings is 1. The van der Waals surface area contributed by atoms with Crippen molar-refractivity contribution in [1.29, 1.82) is 0 Å². The highest BCUT2D eigenvalue weighted by molar-refractivity contribution is 6.03. The van der Waals surface area contributed by atoms with E-state index >= 15 is 0 Å². The maximum atomic E-state index is 12.5. The molecule has 2 heterocycles. The number of hydrogen-bond donors (Lipinski definition) is 1. The van der Waals surface area contributed by atoms with E-state index in [1.165, 1.54) is 30.7 Å². The van der Waals surface area contributed by atoms with E-state index in [-0.39, 0.29) is 5.91 Å². The van der Waals surface area contributed by atoms with E-state index in [4.69, 9.17) is 4.42 Å². The lowest BCUT2D eigenvalue weighted by Gasteiger charge is -2.01. The number of nitrogens with zero attached hydrogens (tertiary/aromatic N) is 1. The number of halogens is 1. The van der Waals surface area contributed by atoms with Crippen LogP contribution < -0.4 is 5.32 Å². The number of rotatable bonds is 2. The predicted octanol–water partition coefficient (Wildman–Crippen LogP) is 2.07. The van der Waals surface area contributed by atoms with Gasteiger partial charge in [-0.1, -0.05) is 0 Å². The highest BCUT2D eigenvalue weighted by atomic mass is 19.1. The predicted molar refractivity (Wildman–Crippen MR) is 50.9 cm³/mol. The standard InChI is InChI=1S/C10H7FN2O2/c11-8-1-2-9(12-5-8)13-10(14)7-3-4-15-6-7/h1-6H,(H,12,13,14). The Bertz CT molecular complexity index is 451. The van der Waals surface area contributed by atoms with Crippen molar-refractivity contribution in [2.75, 3.05) is 5.32 Å². The van der Waals surface area contributed by atoms with Gasteiger partial charge in [0.25, 0.3) is 5.91 Å². The Labute approximate surface area is 84.7 Å². The molecule has 0 aliphatic carbocycles. The number of nitrogens with one attached hydrogen (secondary N) is 1. The van der Waals surface area contributed by atoms with Gasteiger partial charge in [-0.25, -0.2) is 9.37 Å². The second kappa shape index (κ2) is 3.91. The minimum Gasteiger partial charge on any atom is -0.472 e. The Morgan fingerprint density at radius 1 is 1.40 bits per heavy atom. The van der Waals surface area contributed by atoms with E-state index in [0.717, 1.165) is 6.20 Å². The molecule has 5 heteroatoms. The molecule has 2 rings (SSSR count). The van der Waals surface area contributed by atoms with Gasteiger partial charge in [0.15, 0.2) is 0 Å². The van der Waals surface area contributed by atoms with Crippen molar-refractivity contribution in [2.24, 2.45) is 0 Å². The first kappa shape index (κ1) is 9.39. The summed E-state index contributed by atoms with van der Waals surface area (Å²) in [5.74, 6) is -0.498. The minimum atomic E-state index is -0.448. The molecule has 76 valence electrons. The van der Waals surface area contributed by atoms with E-state index in [2.05, 4.69) is 10.3 Å². The fourth-order valence-corrected chi connectivity index (χ4v) is 1.03. The Morgan fingerprint density at radius 3 is 2.87 bits per heavy atom. The van der Waals surface area contributed by atoms with Crippen LogP contribution in [-0.4, -0.2) is 10.9 Å². The third kappa shape index (κ3) is 2.19. The van der Waals surface area contributed by atoms with Crippen LogP contribution >= 0.6 is 0 Å². The Kier molecular flexibility index (Phi) is 2.45. The van der Waals surface area contributed by atoms with Crippen molar-refractivity contribution in [3.63, 3.8) is 0 Å². The van der Waals surface area contributed by atoms with Gasteiger partial charge in [0, 0.05) is 0 Å². The molecular weight excluding hydrogens is 199 g/mol. The summed E-state index contributed by atoms with van der Waals surface area (Å²) < 4.78 is 17.3. The smallest absolute Gasteiger partial charge is 0.260 e. The van der Waals surface area contributed by atoms with Crippen LogP contribution in [0.1, 0.15) is 10.4 Å². The van der Waals surface area contributed by atoms with Gasteiger partial charge in [-0.15, -0.1) is 0 Å². The first-order chi connectivity index (χ1) is 7.25. The normalized spacial score (nSPS) is 9.93. The van der Waals surface area contributed by atoms with Gasteiger partial charge in [0.2, 0.25) is 0 Å². The van der Waals surface area contributed by atoms with Gasteiger partial charge >= 0.3 is 0 Å². The number of furan rings is 1. The molecule has 15 heavy (non-hydrogen) atoms. The summed E-state index contributed by atoms with van der Waals surface area (Å²) in [6, 6.07) is 4.13. The first-order valence-corrected chi connectivity index (χ1v) is 4.21. The quantitative estimate of drug-likeness (QED) is 0.818. The van der Waals surface area contributed by atoms with Crippen LogP contribution in [0.2, 0.25) is 0 Å². The van der Waals surface area contributed by atoms with Crippen molar-refractivity contribution in [3.05, 3.63) is 48.3 Å². The molecule has 0 spiro atoms. The highest BCUT2D eigenvalue weighted by Crippen LogP contribution is 2.07. The molecule has 4 nitrogen and oxygen atoms in total. The van der Waals surface area contributed by atoms with Crippen LogP contribution in [0.3, 0.4) is 0 Å². The van der Waals surface area contributed by atoms with Crippen LogP contribution in [0.15, 0.2) is 41.3 Å². The molecular formula is C10H7FN2O2. The van der Waals surface area contributed by atoms with Gasteiger partial charge < -0.3 is 9.73 Å². The SMILES string of the molecule is O=C(Nc1ccc(F)cn1)c1ccoc1. The summed E-state index contributed by atoms with van der Waals surface area (Å²) in [6.45, 7) is 0. The number of anilines is 1. The number of carbonyl (C=O) groups excluding carboxylic acids is 1. The molecule has 0 radical (unpaired) electrons. The summed E-state index contributed by atoms with van der Waals surface area (Å²) in [5.41, 5.74) is 0.390. The van der Waals surface area contributed by atoms with Crippen LogP contribution in [0.25, 0.3) is 0 Å². The molecule has 0 aromatic carbocycles. The second-order valence-corrected chi connectivity index (χ2v) is 2.83. The molecule has 0 saturated carbocycles. The van der Waals surface area contributed by atoms with Crippen LogP contribution in [0.4, 0.5) is 10.2 Å². The average Bonchev–Trinajstić information content (AvgIpc) is 2.74. The zero-order valence-electron chi connectivity index (χ0n) is 7.61. The van der Waals surface area contributed by atoms with Crippen molar-refractivity contribution in [2.45, 2.75) is 0 Å². The van der Waals surface area contributed by atoms with Gasteiger partial charge in [-0.3, -0.25) is 4.79 Å². The molecule has 2 aromatic rings. The Morgan fingerprint density at radius 2 is 2.27 bits per heavy atom. The van der Waals surface area contributed by atoms with E-state index in [9.17, 15) is 9.18 Å². The summed E-state index contributed by atoms with van der Waals surface area (Å²) >= 11 is 0. The zero-order chi connectivity index (χ0) is 10.7. The molecule has 1 amide bonds. The molecule has 0 bridgehead atoms. The summed E-state index contributed by atoms with van der Waals surface area (Å²) in [7, 11) is 0. The number of aromatic nitrogens is 1. The molecule has 0 aliphatic rings. The first-order valence-electron chi connectivity index (χ1n) is 4.21. The third-order valence-electron chi connectivity index (χ3n) is 1.75.